The molecule has 3 rings (SSSR count). The summed E-state index contributed by atoms with van der Waals surface area (Å²) < 4.78 is 1.61. The van der Waals surface area contributed by atoms with Crippen LogP contribution in [0.15, 0.2) is 9.95 Å². The molecule has 0 aromatic carbocycles. The molecule has 2 heterocycles. The number of hydrogen-bond acceptors (Lipinski definition) is 6. The van der Waals surface area contributed by atoms with Gasteiger partial charge < -0.3 is 10.2 Å². The Bertz CT molecular complexity index is 946. The number of amides is 2. The Morgan fingerprint density at radius 1 is 1.37 bits per heavy atom. The molecule has 0 spiro atoms. The highest BCUT2D eigenvalue weighted by atomic mass is 32.2. The lowest BCUT2D eigenvalue weighted by molar-refractivity contribution is -0.132. The molecule has 0 unspecified atom stereocenters. The van der Waals surface area contributed by atoms with E-state index in [1.54, 1.807) is 11.6 Å². The van der Waals surface area contributed by atoms with Crippen LogP contribution in [0, 0.1) is 13.8 Å². The van der Waals surface area contributed by atoms with E-state index in [-0.39, 0.29) is 35.7 Å². The van der Waals surface area contributed by atoms with Crippen molar-refractivity contribution in [3.8, 4) is 0 Å². The number of aryl methyl sites for hydroxylation is 2. The van der Waals surface area contributed by atoms with Crippen molar-refractivity contribution in [3.05, 3.63) is 20.8 Å². The van der Waals surface area contributed by atoms with Crippen molar-refractivity contribution >= 4 is 45.1 Å². The summed E-state index contributed by atoms with van der Waals surface area (Å²) in [6.45, 7) is 6.35. The Balaban J connectivity index is 1.71. The molecule has 1 aliphatic rings. The Morgan fingerprint density at radius 2 is 2.07 bits per heavy atom. The molecule has 2 aromatic rings. The van der Waals surface area contributed by atoms with Gasteiger partial charge in [-0.1, -0.05) is 11.8 Å². The van der Waals surface area contributed by atoms with Crippen molar-refractivity contribution < 1.29 is 9.59 Å². The van der Waals surface area contributed by atoms with Crippen molar-refractivity contribution in [1.29, 1.82) is 0 Å². The summed E-state index contributed by atoms with van der Waals surface area (Å²) in [5.74, 6) is -0.163. The number of aromatic nitrogens is 2. The van der Waals surface area contributed by atoms with Gasteiger partial charge in [-0.3, -0.25) is 19.0 Å². The molecule has 0 bridgehead atoms. The molecule has 1 N–H and O–H groups in total. The molecule has 0 aliphatic heterocycles. The fourth-order valence-electron chi connectivity index (χ4n) is 2.74. The Morgan fingerprint density at radius 3 is 2.70 bits per heavy atom. The molecule has 0 atom stereocenters. The van der Waals surface area contributed by atoms with Crippen LogP contribution in [0.3, 0.4) is 0 Å². The summed E-state index contributed by atoms with van der Waals surface area (Å²) in [5, 5.41) is 4.08. The minimum atomic E-state index is -0.165. The van der Waals surface area contributed by atoms with E-state index in [1.165, 1.54) is 28.0 Å². The maximum atomic E-state index is 12.8. The quantitative estimate of drug-likeness (QED) is 0.559. The number of likely N-dealkylation sites (N-methyl/N-ethyl adjacent to an activating group) is 1. The SMILES string of the molecule is CCn1c(SCC(=O)N(C)CC(=O)NC2CC2)nc2sc(C)c(C)c2c1=O. The first-order valence-corrected chi connectivity index (χ1v) is 10.8. The highest BCUT2D eigenvalue weighted by Gasteiger charge is 2.24. The Kier molecular flexibility index (Phi) is 5.90. The largest absolute Gasteiger partial charge is 0.352 e. The van der Waals surface area contributed by atoms with Gasteiger partial charge in [0.2, 0.25) is 11.8 Å². The van der Waals surface area contributed by atoms with E-state index >= 15 is 0 Å². The van der Waals surface area contributed by atoms with Crippen LogP contribution in [0.2, 0.25) is 0 Å². The van der Waals surface area contributed by atoms with Crippen LogP contribution in [0.5, 0.6) is 0 Å². The van der Waals surface area contributed by atoms with Crippen molar-refractivity contribution in [3.63, 3.8) is 0 Å². The van der Waals surface area contributed by atoms with Crippen LogP contribution < -0.4 is 10.9 Å². The molecule has 1 saturated carbocycles. The summed E-state index contributed by atoms with van der Waals surface area (Å²) in [7, 11) is 1.62. The predicted octanol–water partition coefficient (Wildman–Crippen LogP) is 1.92. The smallest absolute Gasteiger partial charge is 0.263 e. The summed E-state index contributed by atoms with van der Waals surface area (Å²) >= 11 is 2.74. The lowest BCUT2D eigenvalue weighted by Crippen LogP contribution is -2.39. The molecule has 2 amide bonds. The van der Waals surface area contributed by atoms with Crippen molar-refractivity contribution in [2.75, 3.05) is 19.3 Å². The van der Waals surface area contributed by atoms with Crippen molar-refractivity contribution in [1.82, 2.24) is 19.8 Å². The third-order valence-corrected chi connectivity index (χ3v) is 6.71. The zero-order valence-corrected chi connectivity index (χ0v) is 17.6. The molecule has 2 aromatic heterocycles. The number of nitrogens with zero attached hydrogens (tertiary/aromatic N) is 3. The lowest BCUT2D eigenvalue weighted by Gasteiger charge is -2.17. The van der Waals surface area contributed by atoms with Crippen LogP contribution >= 0.6 is 23.1 Å². The van der Waals surface area contributed by atoms with Crippen LogP contribution in [0.4, 0.5) is 0 Å². The highest BCUT2D eigenvalue weighted by molar-refractivity contribution is 7.99. The number of nitrogens with one attached hydrogen (secondary N) is 1. The summed E-state index contributed by atoms with van der Waals surface area (Å²) in [5.41, 5.74) is 0.917. The maximum absolute atomic E-state index is 12.8. The molecule has 0 saturated heterocycles. The summed E-state index contributed by atoms with van der Waals surface area (Å²) in [6, 6.07) is 0.281. The monoisotopic (exact) mass is 408 g/mol. The molecule has 27 heavy (non-hydrogen) atoms. The Labute approximate surface area is 166 Å². The zero-order chi connectivity index (χ0) is 19.7. The van der Waals surface area contributed by atoms with E-state index in [1.807, 2.05) is 20.8 Å². The lowest BCUT2D eigenvalue weighted by atomic mass is 10.2. The van der Waals surface area contributed by atoms with Gasteiger partial charge in [0.25, 0.3) is 5.56 Å². The molecular formula is C18H24N4O3S2. The highest BCUT2D eigenvalue weighted by Crippen LogP contribution is 2.28. The number of thiophene rings is 1. The van der Waals surface area contributed by atoms with Gasteiger partial charge in [-0.2, -0.15) is 0 Å². The van der Waals surface area contributed by atoms with Crippen molar-refractivity contribution in [2.24, 2.45) is 0 Å². The first-order valence-electron chi connectivity index (χ1n) is 8.98. The van der Waals surface area contributed by atoms with E-state index in [0.717, 1.165) is 23.3 Å². The van der Waals surface area contributed by atoms with Gasteiger partial charge >= 0.3 is 0 Å². The van der Waals surface area contributed by atoms with Crippen LogP contribution in [-0.2, 0) is 16.1 Å². The second kappa shape index (κ2) is 8.02. The molecule has 9 heteroatoms. The molecule has 1 aliphatic carbocycles. The van der Waals surface area contributed by atoms with Gasteiger partial charge in [0.05, 0.1) is 17.7 Å². The maximum Gasteiger partial charge on any atom is 0.263 e. The molecule has 0 radical (unpaired) electrons. The average molecular weight is 409 g/mol. The van der Waals surface area contributed by atoms with E-state index < -0.39 is 0 Å². The zero-order valence-electron chi connectivity index (χ0n) is 16.0. The van der Waals surface area contributed by atoms with Gasteiger partial charge in [-0.05, 0) is 39.2 Å². The first-order chi connectivity index (χ1) is 12.8. The van der Waals surface area contributed by atoms with E-state index in [9.17, 15) is 14.4 Å². The van der Waals surface area contributed by atoms with E-state index in [0.29, 0.717) is 21.9 Å². The van der Waals surface area contributed by atoms with Gasteiger partial charge in [0.15, 0.2) is 5.16 Å². The number of carbonyl (C=O) groups is 2. The van der Waals surface area contributed by atoms with Crippen LogP contribution in [0.25, 0.3) is 10.2 Å². The van der Waals surface area contributed by atoms with Gasteiger partial charge in [0, 0.05) is 24.5 Å². The van der Waals surface area contributed by atoms with Crippen molar-refractivity contribution in [2.45, 2.75) is 51.4 Å². The molecule has 146 valence electrons. The number of hydrogen-bond donors (Lipinski definition) is 1. The Hall–Kier alpha value is -1.87. The topological polar surface area (TPSA) is 84.3 Å². The standard InChI is InChI=1S/C18H24N4O3S2/c1-5-22-17(25)15-10(2)11(3)27-16(15)20-18(22)26-9-14(24)21(4)8-13(23)19-12-6-7-12/h12H,5-9H2,1-4H3,(H,19,23). The third kappa shape index (κ3) is 4.35. The molecule has 7 nitrogen and oxygen atoms in total. The molecule has 1 fully saturated rings. The third-order valence-electron chi connectivity index (χ3n) is 4.64. The normalized spacial score (nSPS) is 13.8. The second-order valence-electron chi connectivity index (χ2n) is 6.79. The van der Waals surface area contributed by atoms with E-state index in [2.05, 4.69) is 10.3 Å². The first kappa shape index (κ1) is 19.9. The minimum absolute atomic E-state index is 0.0479. The molecular weight excluding hydrogens is 384 g/mol. The average Bonchev–Trinajstić information content (AvgIpc) is 3.37. The van der Waals surface area contributed by atoms with E-state index in [4.69, 9.17) is 0 Å². The minimum Gasteiger partial charge on any atom is -0.352 e. The fraction of sp³-hybridized carbons (Fsp3) is 0.556. The van der Waals surface area contributed by atoms with Gasteiger partial charge in [-0.15, -0.1) is 11.3 Å². The number of fused-ring (bicyclic) bond motifs is 1. The fourth-order valence-corrected chi connectivity index (χ4v) is 4.81. The number of carbonyl (C=O) groups excluding carboxylic acids is 2. The summed E-state index contributed by atoms with van der Waals surface area (Å²) in [4.78, 5) is 44.9. The summed E-state index contributed by atoms with van der Waals surface area (Å²) in [6.07, 6.45) is 2.03. The number of thioether (sulfide) groups is 1. The van der Waals surface area contributed by atoms with Crippen LogP contribution in [-0.4, -0.2) is 51.7 Å². The predicted molar refractivity (Wildman–Crippen MR) is 109 cm³/mol. The van der Waals surface area contributed by atoms with Crippen LogP contribution in [0.1, 0.15) is 30.2 Å². The second-order valence-corrected chi connectivity index (χ2v) is 8.93. The number of rotatable bonds is 7. The van der Waals surface area contributed by atoms with Gasteiger partial charge in [-0.25, -0.2) is 4.98 Å². The van der Waals surface area contributed by atoms with Gasteiger partial charge in [0.1, 0.15) is 4.83 Å².